The number of aromatic nitrogens is 1. The van der Waals surface area contributed by atoms with Crippen LogP contribution in [0.5, 0.6) is 0 Å². The molecule has 0 fully saturated rings. The Hall–Kier alpha value is -2.01. The first-order valence-electron chi connectivity index (χ1n) is 5.20. The first-order valence-corrected chi connectivity index (χ1v) is 6.08. The Labute approximate surface area is 101 Å². The topological polar surface area (TPSA) is 58.0 Å². The van der Waals surface area contributed by atoms with E-state index in [1.165, 1.54) is 4.88 Å². The molecule has 0 spiro atoms. The van der Waals surface area contributed by atoms with Crippen molar-refractivity contribution in [3.05, 3.63) is 51.1 Å². The summed E-state index contributed by atoms with van der Waals surface area (Å²) in [5, 5.41) is 5.34. The van der Waals surface area contributed by atoms with Crippen molar-refractivity contribution in [2.45, 2.75) is 6.54 Å². The van der Waals surface area contributed by atoms with Gasteiger partial charge in [0, 0.05) is 17.1 Å². The fourth-order valence-electron chi connectivity index (χ4n) is 1.66. The molecule has 0 aliphatic heterocycles. The second kappa shape index (κ2) is 4.10. The van der Waals surface area contributed by atoms with E-state index in [1.807, 2.05) is 23.6 Å². The van der Waals surface area contributed by atoms with Crippen LogP contribution >= 0.6 is 11.3 Å². The smallest absolute Gasteiger partial charge is 0.408 e. The Morgan fingerprint density at radius 2 is 2.29 bits per heavy atom. The molecule has 17 heavy (non-hydrogen) atoms. The Balaban J connectivity index is 1.83. The van der Waals surface area contributed by atoms with E-state index in [4.69, 9.17) is 4.42 Å². The number of oxazole rings is 1. The Kier molecular flexibility index (Phi) is 2.45. The molecule has 0 aliphatic carbocycles. The van der Waals surface area contributed by atoms with Gasteiger partial charge in [0.1, 0.15) is 0 Å². The number of hydrogen-bond donors (Lipinski definition) is 2. The first kappa shape index (κ1) is 10.2. The molecular weight excluding hydrogens is 236 g/mol. The third-order valence-corrected chi connectivity index (χ3v) is 3.34. The quantitative estimate of drug-likeness (QED) is 0.747. The molecule has 0 aliphatic rings. The van der Waals surface area contributed by atoms with Gasteiger partial charge in [0.2, 0.25) is 0 Å². The molecule has 2 N–H and O–H groups in total. The number of aromatic amines is 1. The highest BCUT2D eigenvalue weighted by molar-refractivity contribution is 7.09. The van der Waals surface area contributed by atoms with Crippen LogP contribution < -0.4 is 11.1 Å². The lowest BCUT2D eigenvalue weighted by Gasteiger charge is -2.03. The maximum atomic E-state index is 11.0. The van der Waals surface area contributed by atoms with Gasteiger partial charge in [-0.3, -0.25) is 4.98 Å². The summed E-state index contributed by atoms with van der Waals surface area (Å²) in [7, 11) is 0. The molecule has 0 amide bonds. The second-order valence-electron chi connectivity index (χ2n) is 3.66. The predicted octanol–water partition coefficient (Wildman–Crippen LogP) is 2.79. The fourth-order valence-corrected chi connectivity index (χ4v) is 2.31. The van der Waals surface area contributed by atoms with Crippen molar-refractivity contribution in [3.63, 3.8) is 0 Å². The molecular formula is C12H10N2O2S. The van der Waals surface area contributed by atoms with Crippen molar-refractivity contribution in [3.8, 4) is 0 Å². The van der Waals surface area contributed by atoms with Crippen LogP contribution in [-0.4, -0.2) is 4.98 Å². The van der Waals surface area contributed by atoms with Crippen LogP contribution in [0.2, 0.25) is 0 Å². The lowest BCUT2D eigenvalue weighted by Crippen LogP contribution is -1.97. The Morgan fingerprint density at radius 1 is 1.35 bits per heavy atom. The lowest BCUT2D eigenvalue weighted by atomic mass is 10.3. The molecule has 5 heteroatoms. The van der Waals surface area contributed by atoms with Gasteiger partial charge in [-0.1, -0.05) is 6.07 Å². The average Bonchev–Trinajstić information content (AvgIpc) is 2.92. The number of thiophene rings is 1. The number of hydrogen-bond acceptors (Lipinski definition) is 4. The lowest BCUT2D eigenvalue weighted by molar-refractivity contribution is 0.555. The molecule has 0 bridgehead atoms. The summed E-state index contributed by atoms with van der Waals surface area (Å²) in [6.45, 7) is 0.783. The summed E-state index contributed by atoms with van der Waals surface area (Å²) < 4.78 is 4.94. The number of rotatable bonds is 3. The summed E-state index contributed by atoms with van der Waals surface area (Å²) in [6, 6.07) is 9.65. The van der Waals surface area contributed by atoms with E-state index in [0.29, 0.717) is 11.1 Å². The summed E-state index contributed by atoms with van der Waals surface area (Å²) >= 11 is 1.71. The van der Waals surface area contributed by atoms with E-state index in [1.54, 1.807) is 17.4 Å². The van der Waals surface area contributed by atoms with Crippen molar-refractivity contribution in [1.82, 2.24) is 4.98 Å². The van der Waals surface area contributed by atoms with Crippen molar-refractivity contribution >= 4 is 28.1 Å². The van der Waals surface area contributed by atoms with Crippen LogP contribution in [0.4, 0.5) is 5.69 Å². The van der Waals surface area contributed by atoms with Gasteiger partial charge in [-0.25, -0.2) is 4.79 Å². The summed E-state index contributed by atoms with van der Waals surface area (Å²) in [5.41, 5.74) is 2.26. The monoisotopic (exact) mass is 246 g/mol. The summed E-state index contributed by atoms with van der Waals surface area (Å²) in [4.78, 5) is 14.9. The van der Waals surface area contributed by atoms with Crippen LogP contribution in [0.15, 0.2) is 44.9 Å². The van der Waals surface area contributed by atoms with E-state index in [9.17, 15) is 4.79 Å². The van der Waals surface area contributed by atoms with Crippen LogP contribution in [0, 0.1) is 0 Å². The minimum absolute atomic E-state index is 0.421. The van der Waals surface area contributed by atoms with Crippen molar-refractivity contribution in [2.24, 2.45) is 0 Å². The molecule has 86 valence electrons. The van der Waals surface area contributed by atoms with Gasteiger partial charge in [-0.15, -0.1) is 11.3 Å². The number of H-pyrrole nitrogens is 1. The minimum Gasteiger partial charge on any atom is -0.408 e. The predicted molar refractivity (Wildman–Crippen MR) is 68.5 cm³/mol. The highest BCUT2D eigenvalue weighted by Crippen LogP contribution is 2.17. The minimum atomic E-state index is -0.421. The Morgan fingerprint density at radius 3 is 3.12 bits per heavy atom. The molecule has 0 unspecified atom stereocenters. The van der Waals surface area contributed by atoms with Gasteiger partial charge in [-0.2, -0.15) is 0 Å². The number of fused-ring (bicyclic) bond motifs is 1. The molecule has 0 saturated heterocycles. The van der Waals surface area contributed by atoms with E-state index in [0.717, 1.165) is 12.2 Å². The zero-order valence-corrected chi connectivity index (χ0v) is 9.71. The van der Waals surface area contributed by atoms with Crippen molar-refractivity contribution in [1.29, 1.82) is 0 Å². The van der Waals surface area contributed by atoms with E-state index < -0.39 is 5.76 Å². The van der Waals surface area contributed by atoms with Crippen molar-refractivity contribution in [2.75, 3.05) is 5.32 Å². The molecule has 0 atom stereocenters. The highest BCUT2D eigenvalue weighted by Gasteiger charge is 2.01. The van der Waals surface area contributed by atoms with Gasteiger partial charge in [0.25, 0.3) is 0 Å². The standard InChI is InChI=1S/C12H10N2O2S/c15-12-14-10-6-8(3-4-11(10)16-12)13-7-9-2-1-5-17-9/h1-6,13H,7H2,(H,14,15). The molecule has 2 aromatic heterocycles. The number of benzene rings is 1. The second-order valence-corrected chi connectivity index (χ2v) is 4.69. The highest BCUT2D eigenvalue weighted by atomic mass is 32.1. The van der Waals surface area contributed by atoms with Gasteiger partial charge in [-0.05, 0) is 29.6 Å². The fraction of sp³-hybridized carbons (Fsp3) is 0.0833. The summed E-state index contributed by atoms with van der Waals surface area (Å²) in [6.07, 6.45) is 0. The van der Waals surface area contributed by atoms with Gasteiger partial charge in [0.05, 0.1) is 5.52 Å². The molecule has 0 saturated carbocycles. The Bertz CT molecular complexity index is 682. The van der Waals surface area contributed by atoms with Crippen LogP contribution in [0.1, 0.15) is 4.88 Å². The van der Waals surface area contributed by atoms with Crippen LogP contribution in [0.3, 0.4) is 0 Å². The van der Waals surface area contributed by atoms with Crippen molar-refractivity contribution < 1.29 is 4.42 Å². The molecule has 3 rings (SSSR count). The van der Waals surface area contributed by atoms with E-state index in [-0.39, 0.29) is 0 Å². The van der Waals surface area contributed by atoms with Gasteiger partial charge < -0.3 is 9.73 Å². The van der Waals surface area contributed by atoms with E-state index >= 15 is 0 Å². The van der Waals surface area contributed by atoms with Gasteiger partial charge in [0.15, 0.2) is 5.58 Å². The molecule has 2 heterocycles. The van der Waals surface area contributed by atoms with Crippen LogP contribution in [-0.2, 0) is 6.54 Å². The van der Waals surface area contributed by atoms with Crippen LogP contribution in [0.25, 0.3) is 11.1 Å². The number of anilines is 1. The third kappa shape index (κ3) is 2.09. The first-order chi connectivity index (χ1) is 8.31. The molecule has 1 aromatic carbocycles. The summed E-state index contributed by atoms with van der Waals surface area (Å²) in [5.74, 6) is -0.421. The third-order valence-electron chi connectivity index (χ3n) is 2.47. The molecule has 3 aromatic rings. The molecule has 4 nitrogen and oxygen atoms in total. The van der Waals surface area contributed by atoms with Gasteiger partial charge >= 0.3 is 5.76 Å². The zero-order chi connectivity index (χ0) is 11.7. The average molecular weight is 246 g/mol. The molecule has 0 radical (unpaired) electrons. The SMILES string of the molecule is O=c1[nH]c2cc(NCc3cccs3)ccc2o1. The van der Waals surface area contributed by atoms with E-state index in [2.05, 4.69) is 16.4 Å². The zero-order valence-electron chi connectivity index (χ0n) is 8.90. The largest absolute Gasteiger partial charge is 0.417 e. The normalized spacial score (nSPS) is 10.8. The maximum absolute atomic E-state index is 11.0. The number of nitrogens with one attached hydrogen (secondary N) is 2. The maximum Gasteiger partial charge on any atom is 0.417 e.